The number of esters is 2. The molecule has 0 bridgehead atoms. The molecule has 1 aliphatic rings. The Bertz CT molecular complexity index is 749. The Balaban J connectivity index is 1.91. The molecule has 0 radical (unpaired) electrons. The molecule has 2 aromatic rings. The molecule has 2 aromatic carbocycles. The highest BCUT2D eigenvalue weighted by atomic mass is 16.5. The molecule has 1 atom stereocenters. The Kier molecular flexibility index (Phi) is 4.02. The fourth-order valence-electron chi connectivity index (χ4n) is 2.65. The standard InChI is InChI=1S/C18H16O5/c1-21-14-6-3-11(4-7-14)16-10-13-9-12(17(19)22-2)5-8-15(13)18(20)23-16/h3-9,16H,10H2,1-2H3. The summed E-state index contributed by atoms with van der Waals surface area (Å²) in [5.74, 6) is -0.0690. The third-order valence-electron chi connectivity index (χ3n) is 3.89. The van der Waals surface area contributed by atoms with E-state index in [0.29, 0.717) is 17.5 Å². The summed E-state index contributed by atoms with van der Waals surface area (Å²) in [7, 11) is 2.93. The van der Waals surface area contributed by atoms with Crippen molar-refractivity contribution in [3.05, 3.63) is 64.7 Å². The van der Waals surface area contributed by atoms with Crippen molar-refractivity contribution >= 4 is 11.9 Å². The Morgan fingerprint density at radius 2 is 1.87 bits per heavy atom. The van der Waals surface area contributed by atoms with Gasteiger partial charge in [0.15, 0.2) is 0 Å². The van der Waals surface area contributed by atoms with E-state index >= 15 is 0 Å². The van der Waals surface area contributed by atoms with Gasteiger partial charge in [-0.1, -0.05) is 12.1 Å². The van der Waals surface area contributed by atoms with Crippen LogP contribution >= 0.6 is 0 Å². The summed E-state index contributed by atoms with van der Waals surface area (Å²) >= 11 is 0. The van der Waals surface area contributed by atoms with Gasteiger partial charge in [-0.15, -0.1) is 0 Å². The van der Waals surface area contributed by atoms with Crippen LogP contribution in [0.4, 0.5) is 0 Å². The van der Waals surface area contributed by atoms with E-state index in [0.717, 1.165) is 16.9 Å². The molecule has 5 nitrogen and oxygen atoms in total. The zero-order valence-electron chi connectivity index (χ0n) is 12.9. The maximum atomic E-state index is 12.2. The molecule has 1 unspecified atom stereocenters. The number of hydrogen-bond donors (Lipinski definition) is 0. The topological polar surface area (TPSA) is 61.8 Å². The Labute approximate surface area is 133 Å². The number of ether oxygens (including phenoxy) is 3. The lowest BCUT2D eigenvalue weighted by atomic mass is 9.93. The average molecular weight is 312 g/mol. The van der Waals surface area contributed by atoms with Crippen LogP contribution in [0, 0.1) is 0 Å². The molecule has 0 saturated heterocycles. The Hall–Kier alpha value is -2.82. The van der Waals surface area contributed by atoms with Gasteiger partial charge in [0.05, 0.1) is 25.3 Å². The average Bonchev–Trinajstić information content (AvgIpc) is 2.60. The third kappa shape index (κ3) is 2.90. The van der Waals surface area contributed by atoms with Crippen LogP contribution in [-0.2, 0) is 15.9 Å². The first-order valence-corrected chi connectivity index (χ1v) is 7.18. The minimum absolute atomic E-state index is 0.381. The molecule has 0 fully saturated rings. The zero-order chi connectivity index (χ0) is 16.4. The van der Waals surface area contributed by atoms with E-state index in [4.69, 9.17) is 14.2 Å². The van der Waals surface area contributed by atoms with Crippen molar-refractivity contribution in [2.24, 2.45) is 0 Å². The van der Waals surface area contributed by atoms with E-state index in [2.05, 4.69) is 0 Å². The summed E-state index contributed by atoms with van der Waals surface area (Å²) in [5, 5.41) is 0. The normalized spacial score (nSPS) is 16.3. The molecule has 1 aliphatic heterocycles. The lowest BCUT2D eigenvalue weighted by molar-refractivity contribution is 0.0251. The Morgan fingerprint density at radius 1 is 1.13 bits per heavy atom. The van der Waals surface area contributed by atoms with Gasteiger partial charge in [0, 0.05) is 6.42 Å². The molecule has 5 heteroatoms. The van der Waals surface area contributed by atoms with Crippen LogP contribution in [-0.4, -0.2) is 26.2 Å². The van der Waals surface area contributed by atoms with Crippen molar-refractivity contribution in [2.75, 3.05) is 14.2 Å². The van der Waals surface area contributed by atoms with Crippen LogP contribution in [0.5, 0.6) is 5.75 Å². The van der Waals surface area contributed by atoms with Gasteiger partial charge in [0.2, 0.25) is 0 Å². The summed E-state index contributed by atoms with van der Waals surface area (Å²) in [6, 6.07) is 12.2. The van der Waals surface area contributed by atoms with Gasteiger partial charge in [-0.05, 0) is 41.5 Å². The first kappa shape index (κ1) is 15.1. The molecular formula is C18H16O5. The van der Waals surface area contributed by atoms with Gasteiger partial charge < -0.3 is 14.2 Å². The van der Waals surface area contributed by atoms with Gasteiger partial charge in [0.1, 0.15) is 11.9 Å². The Morgan fingerprint density at radius 3 is 2.52 bits per heavy atom. The van der Waals surface area contributed by atoms with Crippen molar-refractivity contribution < 1.29 is 23.8 Å². The second-order valence-electron chi connectivity index (χ2n) is 5.23. The van der Waals surface area contributed by atoms with Crippen molar-refractivity contribution in [1.82, 2.24) is 0 Å². The van der Waals surface area contributed by atoms with Gasteiger partial charge >= 0.3 is 11.9 Å². The molecule has 118 valence electrons. The highest BCUT2D eigenvalue weighted by Gasteiger charge is 2.28. The molecule has 0 aliphatic carbocycles. The first-order chi connectivity index (χ1) is 11.1. The third-order valence-corrected chi connectivity index (χ3v) is 3.89. The summed E-state index contributed by atoms with van der Waals surface area (Å²) in [6.07, 6.45) is 0.131. The van der Waals surface area contributed by atoms with Gasteiger partial charge in [-0.25, -0.2) is 9.59 Å². The van der Waals surface area contributed by atoms with Crippen molar-refractivity contribution in [3.63, 3.8) is 0 Å². The number of benzene rings is 2. The summed E-state index contributed by atoms with van der Waals surface area (Å²) in [4.78, 5) is 23.8. The summed E-state index contributed by atoms with van der Waals surface area (Å²) in [5.41, 5.74) is 2.58. The molecule has 0 N–H and O–H groups in total. The molecule has 0 amide bonds. The molecular weight excluding hydrogens is 296 g/mol. The quantitative estimate of drug-likeness (QED) is 0.815. The number of methoxy groups -OCH3 is 2. The van der Waals surface area contributed by atoms with Gasteiger partial charge in [-0.3, -0.25) is 0 Å². The van der Waals surface area contributed by atoms with E-state index in [1.54, 1.807) is 25.3 Å². The van der Waals surface area contributed by atoms with E-state index in [-0.39, 0.29) is 12.1 Å². The van der Waals surface area contributed by atoms with E-state index in [1.807, 2.05) is 24.3 Å². The van der Waals surface area contributed by atoms with Crippen LogP contribution in [0.25, 0.3) is 0 Å². The van der Waals surface area contributed by atoms with Crippen LogP contribution in [0.1, 0.15) is 37.9 Å². The largest absolute Gasteiger partial charge is 0.497 e. The van der Waals surface area contributed by atoms with Crippen molar-refractivity contribution in [2.45, 2.75) is 12.5 Å². The second-order valence-corrected chi connectivity index (χ2v) is 5.23. The second kappa shape index (κ2) is 6.12. The highest BCUT2D eigenvalue weighted by Crippen LogP contribution is 2.32. The van der Waals surface area contributed by atoms with Crippen LogP contribution in [0.3, 0.4) is 0 Å². The fourth-order valence-corrected chi connectivity index (χ4v) is 2.65. The minimum Gasteiger partial charge on any atom is -0.497 e. The van der Waals surface area contributed by atoms with Crippen LogP contribution in [0.2, 0.25) is 0 Å². The number of fused-ring (bicyclic) bond motifs is 1. The molecule has 0 aromatic heterocycles. The molecule has 1 heterocycles. The molecule has 0 saturated carbocycles. The summed E-state index contributed by atoms with van der Waals surface area (Å²) in [6.45, 7) is 0. The van der Waals surface area contributed by atoms with Crippen LogP contribution in [0.15, 0.2) is 42.5 Å². The number of hydrogen-bond acceptors (Lipinski definition) is 5. The fraction of sp³-hybridized carbons (Fsp3) is 0.222. The van der Waals surface area contributed by atoms with E-state index < -0.39 is 5.97 Å². The summed E-state index contributed by atoms with van der Waals surface area (Å²) < 4.78 is 15.4. The number of rotatable bonds is 3. The molecule has 23 heavy (non-hydrogen) atoms. The van der Waals surface area contributed by atoms with E-state index in [1.165, 1.54) is 7.11 Å². The van der Waals surface area contributed by atoms with Crippen molar-refractivity contribution in [3.8, 4) is 5.75 Å². The smallest absolute Gasteiger partial charge is 0.339 e. The van der Waals surface area contributed by atoms with Crippen molar-refractivity contribution in [1.29, 1.82) is 0 Å². The first-order valence-electron chi connectivity index (χ1n) is 7.18. The SMILES string of the molecule is COC(=O)c1ccc2c(c1)CC(c1ccc(OC)cc1)OC2=O. The number of carbonyl (C=O) groups excluding carboxylic acids is 2. The highest BCUT2D eigenvalue weighted by molar-refractivity contribution is 5.95. The predicted molar refractivity (Wildman–Crippen MR) is 82.6 cm³/mol. The predicted octanol–water partition coefficient (Wildman–Crippen LogP) is 2.94. The monoisotopic (exact) mass is 312 g/mol. The van der Waals surface area contributed by atoms with E-state index in [9.17, 15) is 9.59 Å². The molecule has 0 spiro atoms. The van der Waals surface area contributed by atoms with Gasteiger partial charge in [0.25, 0.3) is 0 Å². The maximum absolute atomic E-state index is 12.2. The number of carbonyl (C=O) groups is 2. The zero-order valence-corrected chi connectivity index (χ0v) is 12.9. The van der Waals surface area contributed by atoms with Crippen LogP contribution < -0.4 is 4.74 Å². The molecule has 3 rings (SSSR count). The minimum atomic E-state index is -0.423. The van der Waals surface area contributed by atoms with Gasteiger partial charge in [-0.2, -0.15) is 0 Å². The lowest BCUT2D eigenvalue weighted by Crippen LogP contribution is -2.22. The maximum Gasteiger partial charge on any atom is 0.339 e. The lowest BCUT2D eigenvalue weighted by Gasteiger charge is -2.25. The number of cyclic esters (lactones) is 1.